The minimum Gasteiger partial charge on any atom is -0.497 e. The zero-order chi connectivity index (χ0) is 17.1. The van der Waals surface area contributed by atoms with E-state index < -0.39 is 0 Å². The molecule has 7 heteroatoms. The number of ether oxygens (including phenoxy) is 2. The number of fused-ring (bicyclic) bond motifs is 1. The van der Waals surface area contributed by atoms with Crippen molar-refractivity contribution < 1.29 is 14.3 Å². The number of benzene rings is 2. The van der Waals surface area contributed by atoms with Crippen molar-refractivity contribution in [2.45, 2.75) is 4.34 Å². The van der Waals surface area contributed by atoms with Gasteiger partial charge < -0.3 is 14.8 Å². The van der Waals surface area contributed by atoms with Crippen molar-refractivity contribution in [1.29, 1.82) is 0 Å². The highest BCUT2D eigenvalue weighted by molar-refractivity contribution is 8.00. The molecule has 3 aromatic rings. The molecule has 3 rings (SSSR count). The van der Waals surface area contributed by atoms with E-state index in [2.05, 4.69) is 10.3 Å². The molecule has 0 atom stereocenters. The second-order valence-corrected chi connectivity index (χ2v) is 7.01. The van der Waals surface area contributed by atoms with Gasteiger partial charge in [0.05, 0.1) is 24.4 Å². The Bertz CT molecular complexity index is 870. The second kappa shape index (κ2) is 7.11. The minimum atomic E-state index is -0.221. The molecule has 24 heavy (non-hydrogen) atoms. The topological polar surface area (TPSA) is 60.5 Å². The van der Waals surface area contributed by atoms with Crippen LogP contribution in [0.4, 0.5) is 5.69 Å². The molecule has 0 saturated heterocycles. The highest BCUT2D eigenvalue weighted by Gasteiger charge is 2.11. The fourth-order valence-electron chi connectivity index (χ4n) is 2.21. The first-order valence-corrected chi connectivity index (χ1v) is 9.16. The van der Waals surface area contributed by atoms with Crippen LogP contribution in [0.25, 0.3) is 10.2 Å². The molecule has 0 unspecified atom stereocenters. The lowest BCUT2D eigenvalue weighted by Gasteiger charge is -2.09. The number of hydrogen-bond acceptors (Lipinski definition) is 6. The number of methoxy groups -OCH3 is 2. The van der Waals surface area contributed by atoms with E-state index in [1.54, 1.807) is 55.5 Å². The summed E-state index contributed by atoms with van der Waals surface area (Å²) in [7, 11) is 3.11. The van der Waals surface area contributed by atoms with E-state index >= 15 is 0 Å². The maximum absolute atomic E-state index is 12.5. The Labute approximate surface area is 148 Å². The minimum absolute atomic E-state index is 0.221. The van der Waals surface area contributed by atoms with Gasteiger partial charge in [0, 0.05) is 17.3 Å². The summed E-state index contributed by atoms with van der Waals surface area (Å²) in [5.74, 6) is 0.921. The highest BCUT2D eigenvalue weighted by atomic mass is 32.2. The molecule has 1 heterocycles. The van der Waals surface area contributed by atoms with Crippen LogP contribution in [0.5, 0.6) is 11.5 Å². The van der Waals surface area contributed by atoms with Crippen molar-refractivity contribution in [2.24, 2.45) is 0 Å². The van der Waals surface area contributed by atoms with Gasteiger partial charge in [-0.25, -0.2) is 4.98 Å². The quantitative estimate of drug-likeness (QED) is 0.688. The van der Waals surface area contributed by atoms with Gasteiger partial charge in [0.1, 0.15) is 11.5 Å². The number of anilines is 1. The Morgan fingerprint density at radius 3 is 2.46 bits per heavy atom. The van der Waals surface area contributed by atoms with Gasteiger partial charge in [0.2, 0.25) is 0 Å². The number of hydrogen-bond donors (Lipinski definition) is 1. The molecular weight excluding hydrogens is 344 g/mol. The number of thiazole rings is 1. The van der Waals surface area contributed by atoms with Gasteiger partial charge in [0.25, 0.3) is 5.91 Å². The van der Waals surface area contributed by atoms with Gasteiger partial charge in [-0.05, 0) is 36.6 Å². The normalized spacial score (nSPS) is 10.6. The summed E-state index contributed by atoms with van der Waals surface area (Å²) in [5, 5.41) is 2.90. The number of nitrogens with zero attached hydrogens (tertiary/aromatic N) is 1. The molecule has 0 aliphatic carbocycles. The third-order valence-corrected chi connectivity index (χ3v) is 5.42. The summed E-state index contributed by atoms with van der Waals surface area (Å²) in [6.45, 7) is 0. The Hall–Kier alpha value is -2.25. The summed E-state index contributed by atoms with van der Waals surface area (Å²) >= 11 is 3.22. The Kier molecular flexibility index (Phi) is 4.92. The lowest BCUT2D eigenvalue weighted by atomic mass is 10.1. The van der Waals surface area contributed by atoms with Crippen LogP contribution in [0, 0.1) is 0 Å². The molecule has 0 radical (unpaired) electrons. The van der Waals surface area contributed by atoms with Crippen LogP contribution < -0.4 is 14.8 Å². The first-order valence-electron chi connectivity index (χ1n) is 7.12. The average Bonchev–Trinajstić information content (AvgIpc) is 3.03. The first kappa shape index (κ1) is 16.6. The van der Waals surface area contributed by atoms with Crippen LogP contribution in [0.1, 0.15) is 10.4 Å². The van der Waals surface area contributed by atoms with Gasteiger partial charge in [-0.1, -0.05) is 11.8 Å². The van der Waals surface area contributed by atoms with Gasteiger partial charge in [-0.2, -0.15) is 0 Å². The Balaban J connectivity index is 1.86. The zero-order valence-corrected chi connectivity index (χ0v) is 15.1. The number of nitrogens with one attached hydrogen (secondary N) is 1. The number of amides is 1. The van der Waals surface area contributed by atoms with Crippen molar-refractivity contribution in [1.82, 2.24) is 4.98 Å². The molecule has 1 N–H and O–H groups in total. The monoisotopic (exact) mass is 360 g/mol. The van der Waals surface area contributed by atoms with E-state index in [-0.39, 0.29) is 5.91 Å². The fourth-order valence-corrected chi connectivity index (χ4v) is 3.74. The summed E-state index contributed by atoms with van der Waals surface area (Å²) in [6.07, 6.45) is 2.00. The van der Waals surface area contributed by atoms with Crippen LogP contribution in [0.2, 0.25) is 0 Å². The SMILES string of the molecule is COc1cc(OC)cc(C(=O)Nc2ccc3nc(SC)sc3c2)c1. The molecule has 124 valence electrons. The molecular formula is C17H16N2O3S2. The number of carbonyl (C=O) groups excluding carboxylic acids is 1. The van der Waals surface area contributed by atoms with E-state index in [1.165, 1.54) is 0 Å². The number of aromatic nitrogens is 1. The number of thioether (sulfide) groups is 1. The molecule has 0 bridgehead atoms. The lowest BCUT2D eigenvalue weighted by molar-refractivity contribution is 0.102. The van der Waals surface area contributed by atoms with Gasteiger partial charge in [0.15, 0.2) is 4.34 Å². The second-order valence-electron chi connectivity index (χ2n) is 4.92. The molecule has 0 saturated carbocycles. The van der Waals surface area contributed by atoms with Crippen LogP contribution in [-0.4, -0.2) is 31.4 Å². The summed E-state index contributed by atoms with van der Waals surface area (Å²) in [4.78, 5) is 17.0. The summed E-state index contributed by atoms with van der Waals surface area (Å²) in [5.41, 5.74) is 2.14. The van der Waals surface area contributed by atoms with E-state index in [0.29, 0.717) is 17.1 Å². The molecule has 0 aliphatic heterocycles. The first-order chi connectivity index (χ1) is 11.6. The van der Waals surface area contributed by atoms with Crippen molar-refractivity contribution in [3.8, 4) is 11.5 Å². The number of rotatable bonds is 5. The Morgan fingerprint density at radius 1 is 1.12 bits per heavy atom. The maximum Gasteiger partial charge on any atom is 0.255 e. The molecule has 0 fully saturated rings. The third kappa shape index (κ3) is 3.47. The van der Waals surface area contributed by atoms with Gasteiger partial charge >= 0.3 is 0 Å². The van der Waals surface area contributed by atoms with Crippen LogP contribution in [-0.2, 0) is 0 Å². The summed E-state index contributed by atoms with van der Waals surface area (Å²) in [6, 6.07) is 10.8. The van der Waals surface area contributed by atoms with Crippen LogP contribution >= 0.6 is 23.1 Å². The molecule has 0 spiro atoms. The number of carbonyl (C=O) groups is 1. The fraction of sp³-hybridized carbons (Fsp3) is 0.176. The standard InChI is InChI=1S/C17H16N2O3S2/c1-21-12-6-10(7-13(9-12)22-2)16(20)18-11-4-5-14-15(8-11)24-17(19-14)23-3/h4-9H,1-3H3,(H,18,20). The van der Waals surface area contributed by atoms with E-state index in [1.807, 2.05) is 24.5 Å². The largest absolute Gasteiger partial charge is 0.497 e. The molecule has 1 aromatic heterocycles. The smallest absolute Gasteiger partial charge is 0.255 e. The van der Waals surface area contributed by atoms with E-state index in [4.69, 9.17) is 9.47 Å². The molecule has 2 aromatic carbocycles. The zero-order valence-electron chi connectivity index (χ0n) is 13.5. The van der Waals surface area contributed by atoms with Gasteiger partial charge in [-0.15, -0.1) is 11.3 Å². The molecule has 1 amide bonds. The highest BCUT2D eigenvalue weighted by Crippen LogP contribution is 2.30. The molecule has 5 nitrogen and oxygen atoms in total. The van der Waals surface area contributed by atoms with E-state index in [0.717, 1.165) is 20.2 Å². The van der Waals surface area contributed by atoms with Crippen molar-refractivity contribution >= 4 is 44.9 Å². The van der Waals surface area contributed by atoms with Crippen LogP contribution in [0.15, 0.2) is 40.7 Å². The lowest BCUT2D eigenvalue weighted by Crippen LogP contribution is -2.12. The Morgan fingerprint density at radius 2 is 1.83 bits per heavy atom. The average molecular weight is 360 g/mol. The van der Waals surface area contributed by atoms with Crippen molar-refractivity contribution in [2.75, 3.05) is 25.8 Å². The molecule has 0 aliphatic rings. The van der Waals surface area contributed by atoms with Crippen molar-refractivity contribution in [3.05, 3.63) is 42.0 Å². The predicted octanol–water partition coefficient (Wildman–Crippen LogP) is 4.29. The third-order valence-electron chi connectivity index (χ3n) is 3.41. The van der Waals surface area contributed by atoms with Gasteiger partial charge in [-0.3, -0.25) is 4.79 Å². The van der Waals surface area contributed by atoms with Crippen molar-refractivity contribution in [3.63, 3.8) is 0 Å². The predicted molar refractivity (Wildman–Crippen MR) is 98.9 cm³/mol. The van der Waals surface area contributed by atoms with Crippen LogP contribution in [0.3, 0.4) is 0 Å². The summed E-state index contributed by atoms with van der Waals surface area (Å²) < 4.78 is 12.5. The van der Waals surface area contributed by atoms with E-state index in [9.17, 15) is 4.79 Å². The maximum atomic E-state index is 12.5.